The summed E-state index contributed by atoms with van der Waals surface area (Å²) in [6.07, 6.45) is 3.30. The van der Waals surface area contributed by atoms with E-state index in [1.54, 1.807) is 6.92 Å². The van der Waals surface area contributed by atoms with Crippen LogP contribution in [0.4, 0.5) is 8.78 Å². The molecule has 1 unspecified atom stereocenters. The van der Waals surface area contributed by atoms with E-state index in [4.69, 9.17) is 5.11 Å². The summed E-state index contributed by atoms with van der Waals surface area (Å²) in [6, 6.07) is 1.58. The first-order valence-corrected chi connectivity index (χ1v) is 8.43. The molecule has 1 N–H and O–H groups in total. The van der Waals surface area contributed by atoms with Gasteiger partial charge in [-0.2, -0.15) is 4.31 Å². The number of sulfonamides is 1. The highest BCUT2D eigenvalue weighted by molar-refractivity contribution is 7.89. The predicted octanol–water partition coefficient (Wildman–Crippen LogP) is 2.41. The van der Waals surface area contributed by atoms with Crippen molar-refractivity contribution >= 4 is 10.0 Å². The van der Waals surface area contributed by atoms with Crippen molar-refractivity contribution in [2.24, 2.45) is 0 Å². The summed E-state index contributed by atoms with van der Waals surface area (Å²) in [4.78, 5) is -0.568. The molecular formula is C14H19F2NO3S. The highest BCUT2D eigenvalue weighted by Crippen LogP contribution is 2.28. The third kappa shape index (κ3) is 3.09. The van der Waals surface area contributed by atoms with E-state index in [-0.39, 0.29) is 6.04 Å². The summed E-state index contributed by atoms with van der Waals surface area (Å²) >= 11 is 0. The maximum Gasteiger partial charge on any atom is 0.246 e. The number of rotatable bonds is 3. The van der Waals surface area contributed by atoms with E-state index in [1.165, 1.54) is 4.31 Å². The molecule has 4 nitrogen and oxygen atoms in total. The standard InChI is InChI=1S/C14H19F2NO3S/c1-10-5-3-2-4-8-17(10)21(19,20)13-7-6-12(15)11(9-18)14(13)16/h6-7,10,18H,2-5,8-9H2,1H3. The van der Waals surface area contributed by atoms with Crippen LogP contribution in [0.5, 0.6) is 0 Å². The largest absolute Gasteiger partial charge is 0.391 e. The molecule has 0 aliphatic carbocycles. The first-order chi connectivity index (χ1) is 9.89. The Bertz CT molecular complexity index is 619. The van der Waals surface area contributed by atoms with Crippen molar-refractivity contribution in [3.05, 3.63) is 29.3 Å². The minimum absolute atomic E-state index is 0.223. The van der Waals surface area contributed by atoms with Crippen molar-refractivity contribution in [3.63, 3.8) is 0 Å². The maximum absolute atomic E-state index is 14.2. The van der Waals surface area contributed by atoms with Gasteiger partial charge in [0, 0.05) is 12.6 Å². The van der Waals surface area contributed by atoms with Crippen LogP contribution in [0.15, 0.2) is 17.0 Å². The average molecular weight is 319 g/mol. The van der Waals surface area contributed by atoms with E-state index in [2.05, 4.69) is 0 Å². The molecule has 0 saturated carbocycles. The van der Waals surface area contributed by atoms with Gasteiger partial charge in [0.2, 0.25) is 10.0 Å². The molecule has 21 heavy (non-hydrogen) atoms. The molecule has 1 aliphatic rings. The quantitative estimate of drug-likeness (QED) is 0.931. The monoisotopic (exact) mass is 319 g/mol. The Hall–Kier alpha value is -1.05. The second-order valence-corrected chi connectivity index (χ2v) is 7.17. The summed E-state index contributed by atoms with van der Waals surface area (Å²) in [6.45, 7) is 1.24. The van der Waals surface area contributed by atoms with Gasteiger partial charge in [-0.1, -0.05) is 12.8 Å². The van der Waals surface area contributed by atoms with Gasteiger partial charge in [0.25, 0.3) is 0 Å². The van der Waals surface area contributed by atoms with Gasteiger partial charge in [-0.05, 0) is 31.9 Å². The molecule has 1 heterocycles. The second kappa shape index (κ2) is 6.37. The molecule has 118 valence electrons. The van der Waals surface area contributed by atoms with Crippen molar-refractivity contribution in [1.29, 1.82) is 0 Å². The van der Waals surface area contributed by atoms with Crippen molar-refractivity contribution < 1.29 is 22.3 Å². The lowest BCUT2D eigenvalue weighted by atomic mass is 10.1. The van der Waals surface area contributed by atoms with Crippen LogP contribution in [0.25, 0.3) is 0 Å². The SMILES string of the molecule is CC1CCCCCN1S(=O)(=O)c1ccc(F)c(CO)c1F. The van der Waals surface area contributed by atoms with Gasteiger partial charge in [-0.25, -0.2) is 17.2 Å². The Morgan fingerprint density at radius 1 is 1.29 bits per heavy atom. The van der Waals surface area contributed by atoms with Gasteiger partial charge < -0.3 is 5.11 Å². The maximum atomic E-state index is 14.2. The lowest BCUT2D eigenvalue weighted by Gasteiger charge is -2.26. The Labute approximate surface area is 123 Å². The first-order valence-electron chi connectivity index (χ1n) is 6.99. The van der Waals surface area contributed by atoms with Gasteiger partial charge in [0.1, 0.15) is 10.7 Å². The molecule has 1 saturated heterocycles. The number of hydrogen-bond acceptors (Lipinski definition) is 3. The molecule has 0 amide bonds. The van der Waals surface area contributed by atoms with Gasteiger partial charge in [-0.3, -0.25) is 0 Å². The third-order valence-electron chi connectivity index (χ3n) is 3.89. The zero-order valence-corrected chi connectivity index (χ0v) is 12.7. The number of benzene rings is 1. The zero-order valence-electron chi connectivity index (χ0n) is 11.8. The Morgan fingerprint density at radius 3 is 2.67 bits per heavy atom. The molecule has 0 aromatic heterocycles. The van der Waals surface area contributed by atoms with E-state index in [0.717, 1.165) is 37.8 Å². The first kappa shape index (κ1) is 16.3. The average Bonchev–Trinajstić information content (AvgIpc) is 2.64. The smallest absolute Gasteiger partial charge is 0.246 e. The van der Waals surface area contributed by atoms with Crippen molar-refractivity contribution in [2.45, 2.75) is 50.2 Å². The van der Waals surface area contributed by atoms with Gasteiger partial charge in [-0.15, -0.1) is 0 Å². The van der Waals surface area contributed by atoms with E-state index >= 15 is 0 Å². The number of aliphatic hydroxyl groups excluding tert-OH is 1. The summed E-state index contributed by atoms with van der Waals surface area (Å²) in [5, 5.41) is 9.01. The molecule has 7 heteroatoms. The third-order valence-corrected chi connectivity index (χ3v) is 5.92. The normalized spacial score (nSPS) is 21.2. The number of nitrogens with zero attached hydrogens (tertiary/aromatic N) is 1. The molecule has 0 bridgehead atoms. The van der Waals surface area contributed by atoms with Crippen LogP contribution in [0.1, 0.15) is 38.2 Å². The lowest BCUT2D eigenvalue weighted by Crippen LogP contribution is -2.38. The van der Waals surface area contributed by atoms with E-state index in [9.17, 15) is 17.2 Å². The topological polar surface area (TPSA) is 57.6 Å². The molecule has 2 rings (SSSR count). The van der Waals surface area contributed by atoms with Crippen LogP contribution in [0.2, 0.25) is 0 Å². The van der Waals surface area contributed by atoms with E-state index in [1.807, 2.05) is 0 Å². The fourth-order valence-corrected chi connectivity index (χ4v) is 4.44. The predicted molar refractivity (Wildman–Crippen MR) is 74.1 cm³/mol. The van der Waals surface area contributed by atoms with E-state index in [0.29, 0.717) is 6.54 Å². The molecule has 1 aliphatic heterocycles. The lowest BCUT2D eigenvalue weighted by molar-refractivity contribution is 0.267. The Morgan fingerprint density at radius 2 is 2.00 bits per heavy atom. The van der Waals surface area contributed by atoms with Crippen molar-refractivity contribution in [2.75, 3.05) is 6.54 Å². The fourth-order valence-electron chi connectivity index (χ4n) is 2.65. The second-order valence-electron chi connectivity index (χ2n) is 5.31. The molecule has 1 aromatic rings. The highest BCUT2D eigenvalue weighted by atomic mass is 32.2. The fraction of sp³-hybridized carbons (Fsp3) is 0.571. The number of halogens is 2. The minimum atomic E-state index is -4.03. The molecule has 1 aromatic carbocycles. The summed E-state index contributed by atoms with van der Waals surface area (Å²) in [5.41, 5.74) is -0.612. The molecule has 0 radical (unpaired) electrons. The molecule has 1 atom stereocenters. The Kier molecular flexibility index (Phi) is 4.95. The Balaban J connectivity index is 2.48. The van der Waals surface area contributed by atoms with Crippen LogP contribution >= 0.6 is 0 Å². The zero-order chi connectivity index (χ0) is 15.6. The van der Waals surface area contributed by atoms with Crippen LogP contribution in [0.3, 0.4) is 0 Å². The van der Waals surface area contributed by atoms with Crippen LogP contribution < -0.4 is 0 Å². The molecule has 0 spiro atoms. The number of aliphatic hydroxyl groups is 1. The van der Waals surface area contributed by atoms with Crippen LogP contribution in [-0.2, 0) is 16.6 Å². The summed E-state index contributed by atoms with van der Waals surface area (Å²) in [7, 11) is -4.03. The molecular weight excluding hydrogens is 300 g/mol. The van der Waals surface area contributed by atoms with Crippen LogP contribution in [0, 0.1) is 11.6 Å². The minimum Gasteiger partial charge on any atom is -0.391 e. The molecule has 1 fully saturated rings. The van der Waals surface area contributed by atoms with Gasteiger partial charge >= 0.3 is 0 Å². The van der Waals surface area contributed by atoms with Crippen molar-refractivity contribution in [1.82, 2.24) is 4.31 Å². The highest BCUT2D eigenvalue weighted by Gasteiger charge is 2.33. The van der Waals surface area contributed by atoms with E-state index < -0.39 is 38.7 Å². The van der Waals surface area contributed by atoms with Crippen molar-refractivity contribution in [3.8, 4) is 0 Å². The summed E-state index contributed by atoms with van der Waals surface area (Å²) < 4.78 is 54.1. The van der Waals surface area contributed by atoms with Crippen LogP contribution in [-0.4, -0.2) is 30.4 Å². The van der Waals surface area contributed by atoms with Gasteiger partial charge in [0.05, 0.1) is 12.2 Å². The summed E-state index contributed by atoms with van der Waals surface area (Å²) in [5.74, 6) is -2.15. The van der Waals surface area contributed by atoms with Gasteiger partial charge in [0.15, 0.2) is 5.82 Å². The number of hydrogen-bond donors (Lipinski definition) is 1.